The molecule has 0 saturated carbocycles. The number of unbranched alkanes of at least 4 members (excludes halogenated alkanes) is 16. The minimum atomic E-state index is -4.32. The van der Waals surface area contributed by atoms with Crippen molar-refractivity contribution in [3.8, 4) is 0 Å². The van der Waals surface area contributed by atoms with Crippen molar-refractivity contribution in [3.63, 3.8) is 0 Å². The van der Waals surface area contributed by atoms with E-state index in [0.717, 1.165) is 64.2 Å². The van der Waals surface area contributed by atoms with Crippen LogP contribution in [-0.2, 0) is 53.5 Å². The van der Waals surface area contributed by atoms with Gasteiger partial charge in [-0.05, 0) is 32.1 Å². The Morgan fingerprint density at radius 2 is 0.793 bits per heavy atom. The van der Waals surface area contributed by atoms with Crippen LogP contribution in [0.3, 0.4) is 0 Å². The predicted octanol–water partition coefficient (Wildman–Crippen LogP) is 1.31. The fraction of sp³-hybridized carbons (Fsp3) is 0.975. The summed E-state index contributed by atoms with van der Waals surface area (Å²) in [6.45, 7) is 8.66. The van der Waals surface area contributed by atoms with Crippen molar-refractivity contribution in [2.45, 2.75) is 175 Å². The van der Waals surface area contributed by atoms with Crippen molar-refractivity contribution in [1.82, 2.24) is 4.90 Å². The molecular weight excluding hydrogens is 813 g/mol. The van der Waals surface area contributed by atoms with E-state index in [0.29, 0.717) is 19.6 Å². The van der Waals surface area contributed by atoms with Crippen LogP contribution in [-0.4, -0.2) is 127 Å². The summed E-state index contributed by atoms with van der Waals surface area (Å²) in [7, 11) is -8.64. The molecule has 0 radical (unpaired) electrons. The van der Waals surface area contributed by atoms with E-state index >= 15 is 0 Å². The van der Waals surface area contributed by atoms with Crippen molar-refractivity contribution in [2.24, 2.45) is 0 Å². The Bertz CT molecular complexity index is 1040. The van der Waals surface area contributed by atoms with Crippen LogP contribution in [0, 0.1) is 0 Å². The smallest absolute Gasteiger partial charge is 0.748 e. The molecule has 0 aliphatic carbocycles. The zero-order valence-electron chi connectivity index (χ0n) is 37.3. The molecule has 14 nitrogen and oxygen atoms in total. The summed E-state index contributed by atoms with van der Waals surface area (Å²) in [4.78, 5) is 15.2. The van der Waals surface area contributed by atoms with E-state index in [1.54, 1.807) is 4.90 Å². The Morgan fingerprint density at radius 1 is 0.466 bits per heavy atom. The summed E-state index contributed by atoms with van der Waals surface area (Å²) in [6, 6.07) is 0. The molecular formula is C40H79NNa2O13S2. The standard InChI is InChI=1S/C40H81NO13S2.2Na/c1-4-7-10-13-16-17-20-25-38(42)41(26-32-53-39(36-49-28-23-34-55(43,44)45)51-30-21-18-14-11-8-5-2)27-33-54-40(37-50-29-24-35-56(46,47)48)52-31-22-19-15-12-9-6-3;;/h39-40H,4-37H2,1-3H3,(H,43,44,45)(H,46,47,48);;/q;2*+1/p-2. The largest absolute Gasteiger partial charge is 1.00 e. The van der Waals surface area contributed by atoms with Gasteiger partial charge in [-0.2, -0.15) is 0 Å². The molecule has 58 heavy (non-hydrogen) atoms. The molecule has 0 aromatic rings. The second-order valence-corrected chi connectivity index (χ2v) is 17.6. The van der Waals surface area contributed by atoms with Crippen molar-refractivity contribution < 1.29 is 118 Å². The molecule has 2 unspecified atom stereocenters. The molecule has 0 rings (SSSR count). The van der Waals surface area contributed by atoms with Crippen LogP contribution < -0.4 is 59.1 Å². The molecule has 0 aliphatic heterocycles. The number of carbonyl (C=O) groups excluding carboxylic acids is 1. The van der Waals surface area contributed by atoms with Crippen molar-refractivity contribution >= 4 is 26.1 Å². The van der Waals surface area contributed by atoms with Crippen molar-refractivity contribution in [2.75, 3.05) is 77.5 Å². The number of carbonyl (C=O) groups is 1. The van der Waals surface area contributed by atoms with Crippen LogP contribution in [0.15, 0.2) is 0 Å². The van der Waals surface area contributed by atoms with E-state index in [1.165, 1.54) is 57.8 Å². The van der Waals surface area contributed by atoms with Gasteiger partial charge in [0.1, 0.15) is 0 Å². The molecule has 0 fully saturated rings. The zero-order chi connectivity index (χ0) is 41.6. The monoisotopic (exact) mass is 891 g/mol. The third kappa shape index (κ3) is 46.6. The van der Waals surface area contributed by atoms with Gasteiger partial charge in [-0.1, -0.05) is 124 Å². The van der Waals surface area contributed by atoms with E-state index in [1.807, 2.05) is 0 Å². The molecule has 0 spiro atoms. The van der Waals surface area contributed by atoms with Crippen LogP contribution in [0.1, 0.15) is 162 Å². The van der Waals surface area contributed by atoms with E-state index in [2.05, 4.69) is 20.8 Å². The molecule has 1 amide bonds. The molecule has 0 bridgehead atoms. The van der Waals surface area contributed by atoms with Gasteiger partial charge >= 0.3 is 59.1 Å². The molecule has 0 N–H and O–H groups in total. The summed E-state index contributed by atoms with van der Waals surface area (Å²) in [5.41, 5.74) is 0. The fourth-order valence-electron chi connectivity index (χ4n) is 5.86. The Hall–Kier alpha value is 1.05. The average molecular weight is 892 g/mol. The molecule has 336 valence electrons. The minimum Gasteiger partial charge on any atom is -0.748 e. The average Bonchev–Trinajstić information content (AvgIpc) is 3.14. The third-order valence-electron chi connectivity index (χ3n) is 9.15. The van der Waals surface area contributed by atoms with Crippen molar-refractivity contribution in [1.29, 1.82) is 0 Å². The Balaban J connectivity index is -0.0000151. The van der Waals surface area contributed by atoms with Crippen LogP contribution in [0.25, 0.3) is 0 Å². The topological polar surface area (TPSA) is 190 Å². The normalized spacial score (nSPS) is 12.8. The van der Waals surface area contributed by atoms with Gasteiger partial charge in [-0.25, -0.2) is 16.8 Å². The maximum atomic E-state index is 13.5. The minimum absolute atomic E-state index is 0. The van der Waals surface area contributed by atoms with E-state index in [9.17, 15) is 30.7 Å². The Kier molecular flexibility index (Phi) is 48.8. The molecule has 0 saturated heterocycles. The first-order chi connectivity index (χ1) is 26.9. The van der Waals surface area contributed by atoms with Crippen molar-refractivity contribution in [3.05, 3.63) is 0 Å². The second-order valence-electron chi connectivity index (χ2n) is 14.5. The first-order valence-electron chi connectivity index (χ1n) is 21.7. The molecule has 0 aromatic carbocycles. The Morgan fingerprint density at radius 3 is 1.16 bits per heavy atom. The Labute approximate surface area is 398 Å². The summed E-state index contributed by atoms with van der Waals surface area (Å²) in [6.07, 6.45) is 19.9. The number of ether oxygens (including phenoxy) is 6. The molecule has 18 heteroatoms. The SMILES string of the molecule is CCCCCCCCCC(=O)N(CCOC(COCCCS(=O)(=O)[O-])OCCCCCCCC)CCOC(COCCCS(=O)(=O)[O-])OCCCCCCCC.[Na+].[Na+]. The summed E-state index contributed by atoms with van der Waals surface area (Å²) in [5.74, 6) is -1.01. The van der Waals surface area contributed by atoms with Crippen LogP contribution in [0.4, 0.5) is 0 Å². The molecule has 0 aliphatic rings. The fourth-order valence-corrected chi connectivity index (χ4v) is 6.80. The maximum absolute atomic E-state index is 13.5. The number of nitrogens with zero attached hydrogens (tertiary/aromatic N) is 1. The second kappa shape index (κ2) is 44.6. The van der Waals surface area contributed by atoms with Gasteiger partial charge in [0, 0.05) is 57.4 Å². The maximum Gasteiger partial charge on any atom is 1.00 e. The van der Waals surface area contributed by atoms with Crippen LogP contribution in [0.5, 0.6) is 0 Å². The number of rotatable bonds is 44. The van der Waals surface area contributed by atoms with Gasteiger partial charge in [-0.15, -0.1) is 0 Å². The van der Waals surface area contributed by atoms with Crippen LogP contribution in [0.2, 0.25) is 0 Å². The quantitative estimate of drug-likeness (QED) is 0.0369. The molecule has 2 atom stereocenters. The van der Waals surface area contributed by atoms with Gasteiger partial charge in [0.05, 0.1) is 46.7 Å². The predicted molar refractivity (Wildman–Crippen MR) is 217 cm³/mol. The third-order valence-corrected chi connectivity index (χ3v) is 10.7. The summed E-state index contributed by atoms with van der Waals surface area (Å²) in [5, 5.41) is 0. The van der Waals surface area contributed by atoms with Gasteiger partial charge in [0.25, 0.3) is 0 Å². The number of hydrogen-bond donors (Lipinski definition) is 0. The zero-order valence-corrected chi connectivity index (χ0v) is 42.9. The molecule has 0 aromatic heterocycles. The van der Waals surface area contributed by atoms with Gasteiger partial charge in [-0.3, -0.25) is 4.79 Å². The van der Waals surface area contributed by atoms with Gasteiger partial charge in [0.15, 0.2) is 12.6 Å². The van der Waals surface area contributed by atoms with E-state index < -0.39 is 44.3 Å². The number of hydrogen-bond acceptors (Lipinski definition) is 13. The summed E-state index contributed by atoms with van der Waals surface area (Å²) >= 11 is 0. The number of amides is 1. The van der Waals surface area contributed by atoms with Crippen LogP contribution >= 0.6 is 0 Å². The van der Waals surface area contributed by atoms with Gasteiger partial charge in [0.2, 0.25) is 5.91 Å². The van der Waals surface area contributed by atoms with E-state index in [4.69, 9.17) is 28.4 Å². The molecule has 0 heterocycles. The first kappa shape index (κ1) is 63.3. The summed E-state index contributed by atoms with van der Waals surface area (Å²) < 4.78 is 101. The van der Waals surface area contributed by atoms with Gasteiger partial charge < -0.3 is 42.4 Å². The first-order valence-corrected chi connectivity index (χ1v) is 24.8. The van der Waals surface area contributed by atoms with E-state index in [-0.39, 0.29) is 131 Å².